The summed E-state index contributed by atoms with van der Waals surface area (Å²) >= 11 is 1.50. The summed E-state index contributed by atoms with van der Waals surface area (Å²) in [6.45, 7) is 3.23. The lowest BCUT2D eigenvalue weighted by atomic mass is 9.83. The molecule has 2 aliphatic heterocycles. The lowest BCUT2D eigenvalue weighted by Gasteiger charge is -2.44. The molecule has 2 aromatic rings. The fourth-order valence-corrected chi connectivity index (χ4v) is 5.31. The number of fused-ring (bicyclic) bond motifs is 1. The van der Waals surface area contributed by atoms with Crippen LogP contribution in [-0.4, -0.2) is 41.5 Å². The Balaban J connectivity index is 1.30. The number of rotatable bonds is 5. The Morgan fingerprint density at radius 1 is 1.19 bits per heavy atom. The zero-order valence-corrected chi connectivity index (χ0v) is 16.3. The summed E-state index contributed by atoms with van der Waals surface area (Å²) in [5, 5.41) is 3.98. The zero-order chi connectivity index (χ0) is 18.6. The van der Waals surface area contributed by atoms with Gasteiger partial charge in [0.2, 0.25) is 5.91 Å². The maximum atomic E-state index is 13.0. The molecule has 1 aromatic carbocycles. The minimum atomic E-state index is -0.255. The van der Waals surface area contributed by atoms with E-state index >= 15 is 0 Å². The molecule has 2 fully saturated rings. The van der Waals surface area contributed by atoms with Gasteiger partial charge in [-0.15, -0.1) is 11.3 Å². The third-order valence-corrected chi connectivity index (χ3v) is 6.82. The van der Waals surface area contributed by atoms with Gasteiger partial charge in [-0.25, -0.2) is 9.37 Å². The van der Waals surface area contributed by atoms with Crippen molar-refractivity contribution in [2.24, 2.45) is 5.92 Å². The first kappa shape index (κ1) is 18.6. The van der Waals surface area contributed by atoms with Crippen LogP contribution in [0, 0.1) is 11.7 Å². The monoisotopic (exact) mass is 387 g/mol. The van der Waals surface area contributed by atoms with Crippen LogP contribution >= 0.6 is 11.3 Å². The molecule has 0 saturated carbocycles. The van der Waals surface area contributed by atoms with Crippen molar-refractivity contribution in [1.82, 2.24) is 15.2 Å². The highest BCUT2D eigenvalue weighted by Gasteiger charge is 2.32. The van der Waals surface area contributed by atoms with E-state index in [1.54, 1.807) is 18.3 Å². The fourth-order valence-electron chi connectivity index (χ4n) is 4.40. The number of amides is 1. The SMILES string of the molecule is O=C(Cc1cnc(-c2ccc(F)cc2)s1)NC[C@H]1CCCN2CCCC[C@H]12. The lowest BCUT2D eigenvalue weighted by Crippen LogP contribution is -2.51. The van der Waals surface area contributed by atoms with E-state index < -0.39 is 0 Å². The van der Waals surface area contributed by atoms with Crippen LogP contribution in [0.3, 0.4) is 0 Å². The van der Waals surface area contributed by atoms with Gasteiger partial charge in [0.25, 0.3) is 0 Å². The zero-order valence-electron chi connectivity index (χ0n) is 15.5. The van der Waals surface area contributed by atoms with E-state index in [9.17, 15) is 9.18 Å². The first-order chi connectivity index (χ1) is 13.2. The molecule has 4 rings (SSSR count). The van der Waals surface area contributed by atoms with Crippen molar-refractivity contribution in [3.8, 4) is 10.6 Å². The number of piperidine rings is 2. The van der Waals surface area contributed by atoms with E-state index in [4.69, 9.17) is 0 Å². The number of benzene rings is 1. The molecule has 3 heterocycles. The van der Waals surface area contributed by atoms with Gasteiger partial charge in [0.05, 0.1) is 6.42 Å². The van der Waals surface area contributed by atoms with E-state index in [2.05, 4.69) is 15.2 Å². The highest BCUT2D eigenvalue weighted by atomic mass is 32.1. The van der Waals surface area contributed by atoms with Gasteiger partial charge < -0.3 is 10.2 Å². The van der Waals surface area contributed by atoms with Gasteiger partial charge in [-0.1, -0.05) is 6.42 Å². The summed E-state index contributed by atoms with van der Waals surface area (Å²) in [6.07, 6.45) is 8.49. The van der Waals surface area contributed by atoms with E-state index in [-0.39, 0.29) is 11.7 Å². The normalized spacial score (nSPS) is 23.0. The molecule has 6 heteroatoms. The third kappa shape index (κ3) is 4.55. The Morgan fingerprint density at radius 2 is 2.00 bits per heavy atom. The number of aromatic nitrogens is 1. The minimum Gasteiger partial charge on any atom is -0.355 e. The third-order valence-electron chi connectivity index (χ3n) is 5.77. The fraction of sp³-hybridized carbons (Fsp3) is 0.524. The molecule has 0 radical (unpaired) electrons. The molecule has 2 atom stereocenters. The maximum Gasteiger partial charge on any atom is 0.225 e. The molecule has 27 heavy (non-hydrogen) atoms. The Hall–Kier alpha value is -1.79. The summed E-state index contributed by atoms with van der Waals surface area (Å²) in [6, 6.07) is 6.96. The van der Waals surface area contributed by atoms with Crippen molar-refractivity contribution in [2.45, 2.75) is 44.6 Å². The average molecular weight is 388 g/mol. The molecule has 2 aliphatic rings. The van der Waals surface area contributed by atoms with Crippen LogP contribution < -0.4 is 5.32 Å². The Morgan fingerprint density at radius 3 is 2.85 bits per heavy atom. The molecule has 1 N–H and O–H groups in total. The number of nitrogens with one attached hydrogen (secondary N) is 1. The molecule has 2 saturated heterocycles. The van der Waals surface area contributed by atoms with E-state index in [1.165, 1.54) is 68.7 Å². The van der Waals surface area contributed by atoms with Gasteiger partial charge in [-0.3, -0.25) is 4.79 Å². The van der Waals surface area contributed by atoms with E-state index in [1.807, 2.05) is 0 Å². The molecule has 0 spiro atoms. The van der Waals surface area contributed by atoms with Crippen molar-refractivity contribution >= 4 is 17.2 Å². The largest absolute Gasteiger partial charge is 0.355 e. The number of carbonyl (C=O) groups excluding carboxylic acids is 1. The van der Waals surface area contributed by atoms with Gasteiger partial charge in [0.1, 0.15) is 10.8 Å². The predicted molar refractivity (Wildman–Crippen MR) is 106 cm³/mol. The highest BCUT2D eigenvalue weighted by Crippen LogP contribution is 2.30. The van der Waals surface area contributed by atoms with Crippen LogP contribution in [0.15, 0.2) is 30.5 Å². The summed E-state index contributed by atoms with van der Waals surface area (Å²) in [5.74, 6) is 0.394. The van der Waals surface area contributed by atoms with Gasteiger partial charge in [-0.2, -0.15) is 0 Å². The maximum absolute atomic E-state index is 13.0. The molecular weight excluding hydrogens is 361 g/mol. The van der Waals surface area contributed by atoms with Gasteiger partial charge in [0, 0.05) is 29.2 Å². The van der Waals surface area contributed by atoms with Crippen LogP contribution in [-0.2, 0) is 11.2 Å². The second kappa shape index (κ2) is 8.48. The molecule has 0 unspecified atom stereocenters. The molecule has 1 aromatic heterocycles. The van der Waals surface area contributed by atoms with Crippen LogP contribution in [0.2, 0.25) is 0 Å². The van der Waals surface area contributed by atoms with Crippen molar-refractivity contribution in [3.63, 3.8) is 0 Å². The standard InChI is InChI=1S/C21H26FN3OS/c22-17-8-6-15(7-9-17)21-24-14-18(27-21)12-20(26)23-13-16-4-3-11-25-10-2-1-5-19(16)25/h6-9,14,16,19H,1-5,10-13H2,(H,23,26)/t16-,19-/m1/s1. The quantitative estimate of drug-likeness (QED) is 0.847. The topological polar surface area (TPSA) is 45.2 Å². The number of hydrogen-bond donors (Lipinski definition) is 1. The van der Waals surface area contributed by atoms with Crippen molar-refractivity contribution in [3.05, 3.63) is 41.2 Å². The highest BCUT2D eigenvalue weighted by molar-refractivity contribution is 7.15. The summed E-state index contributed by atoms with van der Waals surface area (Å²) in [5.41, 5.74) is 0.882. The second-order valence-electron chi connectivity index (χ2n) is 7.62. The Labute approximate surface area is 163 Å². The van der Waals surface area contributed by atoms with Gasteiger partial charge >= 0.3 is 0 Å². The number of carbonyl (C=O) groups is 1. The molecule has 0 aliphatic carbocycles. The minimum absolute atomic E-state index is 0.0669. The molecule has 0 bridgehead atoms. The summed E-state index contributed by atoms with van der Waals surface area (Å²) in [7, 11) is 0. The molecule has 1 amide bonds. The molecule has 4 nitrogen and oxygen atoms in total. The van der Waals surface area contributed by atoms with Crippen LogP contribution in [0.1, 0.15) is 37.0 Å². The number of hydrogen-bond acceptors (Lipinski definition) is 4. The van der Waals surface area contributed by atoms with E-state index in [0.717, 1.165) is 22.0 Å². The Bertz CT molecular complexity index is 774. The molecule has 144 valence electrons. The lowest BCUT2D eigenvalue weighted by molar-refractivity contribution is -0.120. The summed E-state index contributed by atoms with van der Waals surface area (Å²) < 4.78 is 13.0. The molecular formula is C21H26FN3OS. The number of thiazole rings is 1. The Kier molecular flexibility index (Phi) is 5.83. The van der Waals surface area contributed by atoms with Crippen molar-refractivity contribution in [2.75, 3.05) is 19.6 Å². The van der Waals surface area contributed by atoms with Crippen LogP contribution in [0.5, 0.6) is 0 Å². The first-order valence-electron chi connectivity index (χ1n) is 9.90. The van der Waals surface area contributed by atoms with Gasteiger partial charge in [0.15, 0.2) is 0 Å². The first-order valence-corrected chi connectivity index (χ1v) is 10.7. The number of nitrogens with zero attached hydrogens (tertiary/aromatic N) is 2. The van der Waals surface area contributed by atoms with Gasteiger partial charge in [-0.05, 0) is 69.0 Å². The van der Waals surface area contributed by atoms with Crippen LogP contribution in [0.25, 0.3) is 10.6 Å². The summed E-state index contributed by atoms with van der Waals surface area (Å²) in [4.78, 5) is 20.4. The average Bonchev–Trinajstić information content (AvgIpc) is 3.15. The smallest absolute Gasteiger partial charge is 0.225 e. The number of halogens is 1. The van der Waals surface area contributed by atoms with Crippen molar-refractivity contribution in [1.29, 1.82) is 0 Å². The van der Waals surface area contributed by atoms with E-state index in [0.29, 0.717) is 18.4 Å². The van der Waals surface area contributed by atoms with Crippen LogP contribution in [0.4, 0.5) is 4.39 Å². The second-order valence-corrected chi connectivity index (χ2v) is 8.74. The predicted octanol–water partition coefficient (Wildman–Crippen LogP) is 3.87. The van der Waals surface area contributed by atoms with Crippen molar-refractivity contribution < 1.29 is 9.18 Å².